The Morgan fingerprint density at radius 2 is 1.86 bits per heavy atom. The molecule has 1 heterocycles. The monoisotopic (exact) mass is 392 g/mol. The zero-order valence-electron chi connectivity index (χ0n) is 16.7. The molecule has 0 fully saturated rings. The van der Waals surface area contributed by atoms with E-state index in [1.54, 1.807) is 21.1 Å². The quantitative estimate of drug-likeness (QED) is 0.612. The van der Waals surface area contributed by atoms with E-state index in [-0.39, 0.29) is 5.91 Å². The number of carbonyl (C=O) groups is 1. The SMILES string of the molecule is COc1cccc(CNC(=O)c2cnc(NCc3ccccc3OC)nc2C)c1. The number of nitrogens with one attached hydrogen (secondary N) is 2. The van der Waals surface area contributed by atoms with Crippen molar-refractivity contribution in [3.63, 3.8) is 0 Å². The fourth-order valence-corrected chi connectivity index (χ4v) is 2.86. The van der Waals surface area contributed by atoms with Crippen LogP contribution >= 0.6 is 0 Å². The highest BCUT2D eigenvalue weighted by atomic mass is 16.5. The van der Waals surface area contributed by atoms with Crippen molar-refractivity contribution >= 4 is 11.9 Å². The summed E-state index contributed by atoms with van der Waals surface area (Å²) in [5, 5.41) is 6.05. The third-order valence-corrected chi connectivity index (χ3v) is 4.44. The number of aryl methyl sites for hydroxylation is 1. The second-order valence-corrected chi connectivity index (χ2v) is 6.39. The van der Waals surface area contributed by atoms with Crippen LogP contribution in [0.4, 0.5) is 5.95 Å². The van der Waals surface area contributed by atoms with Gasteiger partial charge in [0.1, 0.15) is 11.5 Å². The van der Waals surface area contributed by atoms with Gasteiger partial charge in [0.2, 0.25) is 5.95 Å². The van der Waals surface area contributed by atoms with Crippen LogP contribution < -0.4 is 20.1 Å². The van der Waals surface area contributed by atoms with Crippen LogP contribution in [0.5, 0.6) is 11.5 Å². The summed E-state index contributed by atoms with van der Waals surface area (Å²) < 4.78 is 10.5. The lowest BCUT2D eigenvalue weighted by molar-refractivity contribution is 0.0949. The first-order chi connectivity index (χ1) is 14.1. The predicted molar refractivity (Wildman–Crippen MR) is 111 cm³/mol. The molecule has 0 saturated carbocycles. The van der Waals surface area contributed by atoms with Crippen molar-refractivity contribution in [3.05, 3.63) is 77.1 Å². The summed E-state index contributed by atoms with van der Waals surface area (Å²) in [6, 6.07) is 15.3. The first-order valence-electron chi connectivity index (χ1n) is 9.21. The minimum atomic E-state index is -0.221. The van der Waals surface area contributed by atoms with Gasteiger partial charge in [0, 0.05) is 24.8 Å². The predicted octanol–water partition coefficient (Wildman–Crippen LogP) is 3.34. The molecule has 0 unspecified atom stereocenters. The van der Waals surface area contributed by atoms with E-state index in [0.29, 0.717) is 30.3 Å². The van der Waals surface area contributed by atoms with E-state index >= 15 is 0 Å². The minimum absolute atomic E-state index is 0.221. The standard InChI is InChI=1S/C22H24N4O3/c1-15-19(21(27)23-12-16-7-6-9-18(11-16)28-2)14-25-22(26-15)24-13-17-8-4-5-10-20(17)29-3/h4-11,14H,12-13H2,1-3H3,(H,23,27)(H,24,25,26). The molecule has 0 atom stereocenters. The van der Waals surface area contributed by atoms with Crippen molar-refractivity contribution in [3.8, 4) is 11.5 Å². The highest BCUT2D eigenvalue weighted by molar-refractivity contribution is 5.94. The number of methoxy groups -OCH3 is 2. The number of ether oxygens (including phenoxy) is 2. The number of nitrogens with zero attached hydrogens (tertiary/aromatic N) is 2. The summed E-state index contributed by atoms with van der Waals surface area (Å²) >= 11 is 0. The molecule has 0 aliphatic heterocycles. The number of rotatable bonds is 8. The van der Waals surface area contributed by atoms with Gasteiger partial charge in [-0.2, -0.15) is 0 Å². The van der Waals surface area contributed by atoms with E-state index in [4.69, 9.17) is 9.47 Å². The van der Waals surface area contributed by atoms with Crippen LogP contribution in [0.1, 0.15) is 27.2 Å². The Morgan fingerprint density at radius 3 is 2.62 bits per heavy atom. The van der Waals surface area contributed by atoms with E-state index in [1.807, 2.05) is 48.5 Å². The van der Waals surface area contributed by atoms with Crippen molar-refractivity contribution < 1.29 is 14.3 Å². The Hall–Kier alpha value is -3.61. The molecular weight excluding hydrogens is 368 g/mol. The molecule has 7 heteroatoms. The minimum Gasteiger partial charge on any atom is -0.497 e. The van der Waals surface area contributed by atoms with Crippen LogP contribution in [0, 0.1) is 6.92 Å². The number of hydrogen-bond acceptors (Lipinski definition) is 6. The second-order valence-electron chi connectivity index (χ2n) is 6.39. The van der Waals surface area contributed by atoms with Gasteiger partial charge in [0.25, 0.3) is 5.91 Å². The third kappa shape index (κ3) is 5.22. The molecule has 0 aliphatic rings. The van der Waals surface area contributed by atoms with Crippen LogP contribution in [0.2, 0.25) is 0 Å². The molecule has 2 aromatic carbocycles. The van der Waals surface area contributed by atoms with Crippen LogP contribution in [0.15, 0.2) is 54.7 Å². The lowest BCUT2D eigenvalue weighted by Gasteiger charge is -2.11. The second kappa shape index (κ2) is 9.54. The lowest BCUT2D eigenvalue weighted by Crippen LogP contribution is -2.24. The molecule has 0 aliphatic carbocycles. The maximum Gasteiger partial charge on any atom is 0.254 e. The topological polar surface area (TPSA) is 85.4 Å². The normalized spacial score (nSPS) is 10.3. The van der Waals surface area contributed by atoms with E-state index in [0.717, 1.165) is 22.6 Å². The van der Waals surface area contributed by atoms with Crippen LogP contribution in [0.25, 0.3) is 0 Å². The smallest absolute Gasteiger partial charge is 0.254 e. The molecule has 7 nitrogen and oxygen atoms in total. The lowest BCUT2D eigenvalue weighted by atomic mass is 10.2. The Balaban J connectivity index is 1.61. The summed E-state index contributed by atoms with van der Waals surface area (Å²) in [4.78, 5) is 21.2. The van der Waals surface area contributed by atoms with Gasteiger partial charge < -0.3 is 20.1 Å². The molecule has 3 rings (SSSR count). The number of carbonyl (C=O) groups excluding carboxylic acids is 1. The fourth-order valence-electron chi connectivity index (χ4n) is 2.86. The van der Waals surface area contributed by atoms with Gasteiger partial charge >= 0.3 is 0 Å². The van der Waals surface area contributed by atoms with Gasteiger partial charge in [0.15, 0.2) is 0 Å². The maximum atomic E-state index is 12.5. The van der Waals surface area contributed by atoms with Crippen molar-refractivity contribution in [1.82, 2.24) is 15.3 Å². The molecule has 0 radical (unpaired) electrons. The van der Waals surface area contributed by atoms with Gasteiger partial charge in [-0.25, -0.2) is 9.97 Å². The van der Waals surface area contributed by atoms with Crippen molar-refractivity contribution in [2.45, 2.75) is 20.0 Å². The Kier molecular flexibility index (Phi) is 6.63. The number of para-hydroxylation sites is 1. The Morgan fingerprint density at radius 1 is 1.03 bits per heavy atom. The fraction of sp³-hybridized carbons (Fsp3) is 0.227. The van der Waals surface area contributed by atoms with E-state index in [2.05, 4.69) is 20.6 Å². The summed E-state index contributed by atoms with van der Waals surface area (Å²) in [7, 11) is 3.25. The van der Waals surface area contributed by atoms with Gasteiger partial charge in [-0.3, -0.25) is 4.79 Å². The number of benzene rings is 2. The highest BCUT2D eigenvalue weighted by Crippen LogP contribution is 2.18. The zero-order chi connectivity index (χ0) is 20.6. The Bertz CT molecular complexity index is 991. The maximum absolute atomic E-state index is 12.5. The molecule has 1 amide bonds. The molecule has 0 bridgehead atoms. The molecule has 1 aromatic heterocycles. The van der Waals surface area contributed by atoms with Crippen molar-refractivity contribution in [2.75, 3.05) is 19.5 Å². The van der Waals surface area contributed by atoms with Crippen LogP contribution in [-0.2, 0) is 13.1 Å². The van der Waals surface area contributed by atoms with Crippen LogP contribution in [0.3, 0.4) is 0 Å². The summed E-state index contributed by atoms with van der Waals surface area (Å²) in [5.41, 5.74) is 2.99. The molecule has 0 spiro atoms. The molecule has 2 N–H and O–H groups in total. The van der Waals surface area contributed by atoms with Gasteiger partial charge in [0.05, 0.1) is 25.5 Å². The first kappa shape index (κ1) is 20.1. The largest absolute Gasteiger partial charge is 0.497 e. The summed E-state index contributed by atoms with van der Waals surface area (Å²) in [5.74, 6) is 1.78. The number of anilines is 1. The van der Waals surface area contributed by atoms with Gasteiger partial charge in [-0.15, -0.1) is 0 Å². The molecular formula is C22H24N4O3. The van der Waals surface area contributed by atoms with E-state index in [1.165, 1.54) is 6.20 Å². The summed E-state index contributed by atoms with van der Waals surface area (Å²) in [6.07, 6.45) is 1.54. The number of amides is 1. The van der Waals surface area contributed by atoms with E-state index < -0.39 is 0 Å². The van der Waals surface area contributed by atoms with Gasteiger partial charge in [-0.1, -0.05) is 30.3 Å². The molecule has 0 saturated heterocycles. The summed E-state index contributed by atoms with van der Waals surface area (Å²) in [6.45, 7) is 2.70. The molecule has 29 heavy (non-hydrogen) atoms. The van der Waals surface area contributed by atoms with Crippen molar-refractivity contribution in [2.24, 2.45) is 0 Å². The number of hydrogen-bond donors (Lipinski definition) is 2. The Labute approximate surface area is 170 Å². The zero-order valence-corrected chi connectivity index (χ0v) is 16.7. The average molecular weight is 392 g/mol. The van der Waals surface area contributed by atoms with Crippen molar-refractivity contribution in [1.29, 1.82) is 0 Å². The van der Waals surface area contributed by atoms with Crippen LogP contribution in [-0.4, -0.2) is 30.1 Å². The number of aromatic nitrogens is 2. The van der Waals surface area contributed by atoms with E-state index in [9.17, 15) is 4.79 Å². The molecule has 150 valence electrons. The third-order valence-electron chi connectivity index (χ3n) is 4.44. The first-order valence-corrected chi connectivity index (χ1v) is 9.21. The van der Waals surface area contributed by atoms with Gasteiger partial charge in [-0.05, 0) is 30.7 Å². The average Bonchev–Trinajstić information content (AvgIpc) is 2.76. The molecule has 3 aromatic rings. The highest BCUT2D eigenvalue weighted by Gasteiger charge is 2.12.